The highest BCUT2D eigenvalue weighted by Crippen LogP contribution is 2.26. The number of benzene rings is 1. The molecule has 0 spiro atoms. The molecular weight excluding hydrogens is 376 g/mol. The van der Waals surface area contributed by atoms with E-state index in [0.717, 1.165) is 41.2 Å². The van der Waals surface area contributed by atoms with Crippen LogP contribution in [0, 0.1) is 6.92 Å². The number of rotatable bonds is 6. The fraction of sp³-hybridized carbons (Fsp3) is 0.375. The molecule has 1 aliphatic rings. The average molecular weight is 405 g/mol. The molecule has 3 heterocycles. The van der Waals surface area contributed by atoms with Gasteiger partial charge in [0.2, 0.25) is 5.89 Å². The fourth-order valence-corrected chi connectivity index (χ4v) is 3.79. The maximum Gasteiger partial charge on any atom is 0.254 e. The first-order valence-electron chi connectivity index (χ1n) is 10.5. The van der Waals surface area contributed by atoms with Crippen molar-refractivity contribution in [2.75, 3.05) is 33.7 Å². The van der Waals surface area contributed by atoms with Gasteiger partial charge in [-0.2, -0.15) is 0 Å². The molecule has 0 unspecified atom stereocenters. The van der Waals surface area contributed by atoms with Gasteiger partial charge in [-0.25, -0.2) is 4.98 Å². The number of hydrogen-bond acceptors (Lipinski definition) is 5. The van der Waals surface area contributed by atoms with Crippen molar-refractivity contribution in [2.45, 2.75) is 26.2 Å². The molecule has 0 N–H and O–H groups in total. The maximum absolute atomic E-state index is 12.0. The zero-order valence-corrected chi connectivity index (χ0v) is 17.9. The van der Waals surface area contributed by atoms with Crippen LogP contribution in [0.2, 0.25) is 0 Å². The van der Waals surface area contributed by atoms with Gasteiger partial charge in [0, 0.05) is 44.4 Å². The molecule has 2 aromatic heterocycles. The average Bonchev–Trinajstić information content (AvgIpc) is 3.41. The second kappa shape index (κ2) is 8.79. The summed E-state index contributed by atoms with van der Waals surface area (Å²) in [6.45, 7) is 5.43. The largest absolute Gasteiger partial charge is 0.441 e. The Balaban J connectivity index is 1.45. The van der Waals surface area contributed by atoms with E-state index in [9.17, 15) is 4.79 Å². The Hall–Kier alpha value is -2.99. The summed E-state index contributed by atoms with van der Waals surface area (Å²) >= 11 is 0. The highest BCUT2D eigenvalue weighted by molar-refractivity contribution is 5.93. The summed E-state index contributed by atoms with van der Waals surface area (Å²) in [5, 5.41) is 0. The van der Waals surface area contributed by atoms with Gasteiger partial charge in [0.25, 0.3) is 5.91 Å². The lowest BCUT2D eigenvalue weighted by Gasteiger charge is -2.12. The van der Waals surface area contributed by atoms with Crippen molar-refractivity contribution in [1.29, 1.82) is 0 Å². The number of oxazole rings is 1. The van der Waals surface area contributed by atoms with Crippen LogP contribution in [0.1, 0.15) is 34.7 Å². The van der Waals surface area contributed by atoms with Gasteiger partial charge in [0.1, 0.15) is 5.76 Å². The van der Waals surface area contributed by atoms with Crippen molar-refractivity contribution in [2.24, 2.45) is 0 Å². The summed E-state index contributed by atoms with van der Waals surface area (Å²) in [4.78, 5) is 25.2. The first kappa shape index (κ1) is 20.3. The molecule has 6 nitrogen and oxygen atoms in total. The quantitative estimate of drug-likeness (QED) is 0.620. The topological polar surface area (TPSA) is 62.5 Å². The third-order valence-corrected chi connectivity index (χ3v) is 5.60. The van der Waals surface area contributed by atoms with Gasteiger partial charge in [-0.15, -0.1) is 0 Å². The van der Waals surface area contributed by atoms with E-state index in [-0.39, 0.29) is 5.91 Å². The minimum atomic E-state index is -0.0517. The van der Waals surface area contributed by atoms with Crippen LogP contribution in [0.25, 0.3) is 22.7 Å². The first-order chi connectivity index (χ1) is 14.5. The molecule has 0 atom stereocenters. The number of nitrogens with zero attached hydrogens (tertiary/aromatic N) is 4. The molecule has 0 bridgehead atoms. The summed E-state index contributed by atoms with van der Waals surface area (Å²) in [5.74, 6) is 1.51. The monoisotopic (exact) mass is 404 g/mol. The number of aromatic nitrogens is 2. The molecule has 156 valence electrons. The van der Waals surface area contributed by atoms with E-state index in [1.165, 1.54) is 25.9 Å². The number of aryl methyl sites for hydroxylation is 1. The molecule has 0 saturated carbocycles. The Morgan fingerprint density at radius 1 is 1.07 bits per heavy atom. The molecule has 6 heteroatoms. The Labute approximate surface area is 177 Å². The van der Waals surface area contributed by atoms with E-state index < -0.39 is 0 Å². The summed E-state index contributed by atoms with van der Waals surface area (Å²) in [5.41, 5.74) is 4.39. The molecule has 1 fully saturated rings. The van der Waals surface area contributed by atoms with Crippen molar-refractivity contribution >= 4 is 5.91 Å². The molecule has 1 aliphatic heterocycles. The Morgan fingerprint density at radius 3 is 2.40 bits per heavy atom. The van der Waals surface area contributed by atoms with Crippen molar-refractivity contribution in [3.63, 3.8) is 0 Å². The molecule has 1 amide bonds. The number of pyridine rings is 1. The van der Waals surface area contributed by atoms with Crippen LogP contribution < -0.4 is 0 Å². The molecular formula is C24H28N4O2. The number of amides is 1. The van der Waals surface area contributed by atoms with Gasteiger partial charge in [-0.3, -0.25) is 9.78 Å². The lowest BCUT2D eigenvalue weighted by atomic mass is 10.1. The second-order valence-corrected chi connectivity index (χ2v) is 8.03. The van der Waals surface area contributed by atoms with Crippen molar-refractivity contribution in [3.8, 4) is 22.7 Å². The number of carbonyl (C=O) groups excluding carboxylic acids is 1. The van der Waals surface area contributed by atoms with E-state index in [1.54, 1.807) is 25.2 Å². The minimum Gasteiger partial charge on any atom is -0.441 e. The van der Waals surface area contributed by atoms with Crippen LogP contribution in [0.3, 0.4) is 0 Å². The van der Waals surface area contributed by atoms with E-state index in [2.05, 4.69) is 9.88 Å². The lowest BCUT2D eigenvalue weighted by Crippen LogP contribution is -2.22. The van der Waals surface area contributed by atoms with Crippen LogP contribution >= 0.6 is 0 Å². The van der Waals surface area contributed by atoms with Gasteiger partial charge in [0.05, 0.1) is 17.0 Å². The highest BCUT2D eigenvalue weighted by atomic mass is 16.4. The van der Waals surface area contributed by atoms with Crippen molar-refractivity contribution in [3.05, 3.63) is 59.6 Å². The number of carbonyl (C=O) groups is 1. The summed E-state index contributed by atoms with van der Waals surface area (Å²) < 4.78 is 5.94. The molecule has 30 heavy (non-hydrogen) atoms. The first-order valence-corrected chi connectivity index (χ1v) is 10.5. The predicted octanol–water partition coefficient (Wildman–Crippen LogP) is 4.05. The van der Waals surface area contributed by atoms with Crippen LogP contribution in [-0.4, -0.2) is 59.4 Å². The molecule has 0 radical (unpaired) electrons. The minimum absolute atomic E-state index is 0.0517. The Bertz CT molecular complexity index is 1000. The second-order valence-electron chi connectivity index (χ2n) is 8.03. The van der Waals surface area contributed by atoms with E-state index >= 15 is 0 Å². The van der Waals surface area contributed by atoms with Gasteiger partial charge in [0.15, 0.2) is 0 Å². The van der Waals surface area contributed by atoms with Gasteiger partial charge < -0.3 is 14.2 Å². The normalized spacial score (nSPS) is 14.2. The summed E-state index contributed by atoms with van der Waals surface area (Å²) in [7, 11) is 3.47. The smallest absolute Gasteiger partial charge is 0.254 e. The molecule has 4 rings (SSSR count). The molecule has 1 aromatic carbocycles. The van der Waals surface area contributed by atoms with Crippen LogP contribution in [0.4, 0.5) is 0 Å². The molecule has 1 saturated heterocycles. The van der Waals surface area contributed by atoms with E-state index in [1.807, 2.05) is 43.3 Å². The predicted molar refractivity (Wildman–Crippen MR) is 117 cm³/mol. The summed E-state index contributed by atoms with van der Waals surface area (Å²) in [6, 6.07) is 11.7. The van der Waals surface area contributed by atoms with Crippen molar-refractivity contribution in [1.82, 2.24) is 19.8 Å². The zero-order chi connectivity index (χ0) is 21.1. The highest BCUT2D eigenvalue weighted by Gasteiger charge is 2.16. The number of hydrogen-bond donors (Lipinski definition) is 0. The maximum atomic E-state index is 12.0. The SMILES string of the molecule is Cc1oc(-c2ccc(-c3ccc(C(=O)N(C)C)cn3)cc2)nc1CCN1CCCC1. The Morgan fingerprint density at radius 2 is 1.77 bits per heavy atom. The van der Waals surface area contributed by atoms with Gasteiger partial charge in [-0.1, -0.05) is 12.1 Å². The molecule has 0 aliphatic carbocycles. The standard InChI is InChI=1S/C24H28N4O2/c1-17-21(12-15-28-13-4-5-14-28)26-23(30-17)19-8-6-18(7-9-19)22-11-10-20(16-25-22)24(29)27(2)3/h6-11,16H,4-5,12-15H2,1-3H3. The third-order valence-electron chi connectivity index (χ3n) is 5.60. The van der Waals surface area contributed by atoms with E-state index in [0.29, 0.717) is 11.5 Å². The van der Waals surface area contributed by atoms with Crippen LogP contribution in [0.5, 0.6) is 0 Å². The lowest BCUT2D eigenvalue weighted by molar-refractivity contribution is 0.0827. The number of likely N-dealkylation sites (tertiary alicyclic amines) is 1. The van der Waals surface area contributed by atoms with Crippen molar-refractivity contribution < 1.29 is 9.21 Å². The zero-order valence-electron chi connectivity index (χ0n) is 17.9. The van der Waals surface area contributed by atoms with Crippen LogP contribution in [0.15, 0.2) is 47.0 Å². The fourth-order valence-electron chi connectivity index (χ4n) is 3.79. The van der Waals surface area contributed by atoms with E-state index in [4.69, 9.17) is 9.40 Å². The summed E-state index contributed by atoms with van der Waals surface area (Å²) in [6.07, 6.45) is 5.16. The van der Waals surface area contributed by atoms with Gasteiger partial charge in [-0.05, 0) is 57.1 Å². The van der Waals surface area contributed by atoms with Gasteiger partial charge >= 0.3 is 0 Å². The Kier molecular flexibility index (Phi) is 5.95. The van der Waals surface area contributed by atoms with Crippen LogP contribution in [-0.2, 0) is 6.42 Å². The third kappa shape index (κ3) is 4.44. The molecule has 3 aromatic rings.